The second kappa shape index (κ2) is 14.1. The van der Waals surface area contributed by atoms with Crippen molar-refractivity contribution in [2.75, 3.05) is 19.8 Å². The van der Waals surface area contributed by atoms with Crippen LogP contribution >= 0.6 is 37.9 Å². The molecule has 0 aliphatic carbocycles. The van der Waals surface area contributed by atoms with E-state index in [1.165, 1.54) is 0 Å². The maximum absolute atomic E-state index is 5.83. The topological polar surface area (TPSA) is 27.7 Å². The van der Waals surface area contributed by atoms with Crippen LogP contribution in [0.4, 0.5) is 0 Å². The van der Waals surface area contributed by atoms with Crippen LogP contribution in [0.15, 0.2) is 91.0 Å². The van der Waals surface area contributed by atoms with Crippen molar-refractivity contribution in [1.29, 1.82) is 0 Å². The van der Waals surface area contributed by atoms with E-state index in [9.17, 15) is 0 Å². The van der Waals surface area contributed by atoms with E-state index in [2.05, 4.69) is 92.5 Å². The van der Waals surface area contributed by atoms with Crippen molar-refractivity contribution in [3.05, 3.63) is 91.0 Å². The number of hydrogen-bond donors (Lipinski definition) is 3. The molecule has 0 saturated carbocycles. The summed E-state index contributed by atoms with van der Waals surface area (Å²) in [4.78, 5) is 0. The summed E-state index contributed by atoms with van der Waals surface area (Å²) in [5.41, 5.74) is 6.75. The predicted molar refractivity (Wildman–Crippen MR) is 175 cm³/mol. The van der Waals surface area contributed by atoms with Crippen molar-refractivity contribution in [1.82, 2.24) is 0 Å². The molecule has 3 unspecified atom stereocenters. The highest BCUT2D eigenvalue weighted by Crippen LogP contribution is 2.35. The molecule has 0 aromatic heterocycles. The number of rotatable bonds is 12. The van der Waals surface area contributed by atoms with Crippen LogP contribution in [0, 0.1) is 0 Å². The van der Waals surface area contributed by atoms with Crippen molar-refractivity contribution in [2.24, 2.45) is 0 Å². The van der Waals surface area contributed by atoms with Crippen molar-refractivity contribution in [3.8, 4) is 50.6 Å². The number of thiol groups is 3. The maximum atomic E-state index is 5.83. The SMILES string of the molecule is CC(S)COc1ccc(-c2cc(-c3ccc(OCC(C)S)cc3)cc(-c3ccc(OCC(C)S)cc3)c2)cc1. The van der Waals surface area contributed by atoms with E-state index in [1.807, 2.05) is 57.2 Å². The molecule has 0 saturated heterocycles. The van der Waals surface area contributed by atoms with Gasteiger partial charge in [0.25, 0.3) is 0 Å². The van der Waals surface area contributed by atoms with Crippen LogP contribution in [0.3, 0.4) is 0 Å². The molecule has 0 heterocycles. The van der Waals surface area contributed by atoms with Crippen LogP contribution in [0.5, 0.6) is 17.2 Å². The van der Waals surface area contributed by atoms with Crippen LogP contribution in [-0.2, 0) is 0 Å². The van der Waals surface area contributed by atoms with Gasteiger partial charge in [0.2, 0.25) is 0 Å². The minimum atomic E-state index is 0.181. The quantitative estimate of drug-likeness (QED) is 0.147. The molecule has 0 amide bonds. The van der Waals surface area contributed by atoms with Crippen LogP contribution in [0.1, 0.15) is 20.8 Å². The zero-order chi connectivity index (χ0) is 27.8. The number of hydrogen-bond acceptors (Lipinski definition) is 6. The van der Waals surface area contributed by atoms with Crippen LogP contribution in [0.2, 0.25) is 0 Å². The molecule has 4 aromatic carbocycles. The van der Waals surface area contributed by atoms with Crippen LogP contribution in [0.25, 0.3) is 33.4 Å². The standard InChI is InChI=1S/C33H36O3S3/c1-22(37)19-34-31-10-4-25(5-11-31)28-16-29(26-6-12-32(13-7-26)35-20-23(2)38)18-30(17-28)27-8-14-33(15-9-27)36-21-24(3)39/h4-18,22-24,37-39H,19-21H2,1-3H3. The molecule has 0 aliphatic heterocycles. The lowest BCUT2D eigenvalue weighted by molar-refractivity contribution is 0.323. The number of ether oxygens (including phenoxy) is 3. The first kappa shape index (κ1) is 29.3. The summed E-state index contributed by atoms with van der Waals surface area (Å²) in [6.45, 7) is 7.76. The van der Waals surface area contributed by atoms with Gasteiger partial charge >= 0.3 is 0 Å². The Kier molecular flexibility index (Phi) is 10.6. The molecule has 3 nitrogen and oxygen atoms in total. The Labute approximate surface area is 249 Å². The van der Waals surface area contributed by atoms with Gasteiger partial charge in [-0.3, -0.25) is 0 Å². The van der Waals surface area contributed by atoms with Gasteiger partial charge in [-0.1, -0.05) is 57.2 Å². The van der Waals surface area contributed by atoms with E-state index in [-0.39, 0.29) is 15.7 Å². The third kappa shape index (κ3) is 8.92. The average molecular weight is 577 g/mol. The summed E-state index contributed by atoms with van der Waals surface area (Å²) < 4.78 is 17.5. The number of benzene rings is 4. The second-order valence-corrected chi connectivity index (χ2v) is 12.5. The van der Waals surface area contributed by atoms with Gasteiger partial charge in [0, 0.05) is 15.7 Å². The van der Waals surface area contributed by atoms with E-state index >= 15 is 0 Å². The lowest BCUT2D eigenvalue weighted by Crippen LogP contribution is -2.07. The molecule has 0 aliphatic rings. The fraction of sp³-hybridized carbons (Fsp3) is 0.273. The largest absolute Gasteiger partial charge is 0.492 e. The monoisotopic (exact) mass is 576 g/mol. The molecular weight excluding hydrogens is 541 g/mol. The molecule has 0 radical (unpaired) electrons. The lowest BCUT2D eigenvalue weighted by atomic mass is 9.93. The summed E-state index contributed by atoms with van der Waals surface area (Å²) in [6, 6.07) is 31.4. The fourth-order valence-corrected chi connectivity index (χ4v) is 4.23. The van der Waals surface area contributed by atoms with Gasteiger partial charge in [-0.25, -0.2) is 0 Å². The zero-order valence-corrected chi connectivity index (χ0v) is 25.3. The zero-order valence-electron chi connectivity index (χ0n) is 22.6. The van der Waals surface area contributed by atoms with Crippen molar-refractivity contribution < 1.29 is 14.2 Å². The van der Waals surface area contributed by atoms with Crippen LogP contribution < -0.4 is 14.2 Å². The molecular formula is C33H36O3S3. The van der Waals surface area contributed by atoms with E-state index in [1.54, 1.807) is 0 Å². The lowest BCUT2D eigenvalue weighted by Gasteiger charge is -2.14. The molecule has 6 heteroatoms. The summed E-state index contributed by atoms with van der Waals surface area (Å²) in [6.07, 6.45) is 0. The molecule has 4 aromatic rings. The third-order valence-electron chi connectivity index (χ3n) is 5.97. The highest BCUT2D eigenvalue weighted by atomic mass is 32.1. The van der Waals surface area contributed by atoms with Gasteiger partial charge in [0.05, 0.1) is 19.8 Å². The van der Waals surface area contributed by atoms with Gasteiger partial charge < -0.3 is 14.2 Å². The van der Waals surface area contributed by atoms with E-state index < -0.39 is 0 Å². The average Bonchev–Trinajstić information content (AvgIpc) is 2.94. The Hall–Kier alpha value is -2.67. The molecule has 204 valence electrons. The van der Waals surface area contributed by atoms with Crippen molar-refractivity contribution in [2.45, 2.75) is 36.5 Å². The summed E-state index contributed by atoms with van der Waals surface area (Å²) >= 11 is 13.2. The van der Waals surface area contributed by atoms with Gasteiger partial charge in [-0.05, 0) is 88.0 Å². The third-order valence-corrected chi connectivity index (χ3v) is 6.42. The Morgan fingerprint density at radius 3 is 0.846 bits per heavy atom. The Bertz CT molecular complexity index is 1140. The first-order chi connectivity index (χ1) is 18.8. The summed E-state index contributed by atoms with van der Waals surface area (Å²) in [5.74, 6) is 2.52. The Morgan fingerprint density at radius 1 is 0.410 bits per heavy atom. The minimum Gasteiger partial charge on any atom is -0.492 e. The highest BCUT2D eigenvalue weighted by molar-refractivity contribution is 7.81. The molecule has 39 heavy (non-hydrogen) atoms. The van der Waals surface area contributed by atoms with Gasteiger partial charge in [0.1, 0.15) is 17.2 Å². The molecule has 4 rings (SSSR count). The van der Waals surface area contributed by atoms with Crippen molar-refractivity contribution >= 4 is 37.9 Å². The molecule has 0 fully saturated rings. The van der Waals surface area contributed by atoms with E-state index in [4.69, 9.17) is 14.2 Å². The first-order valence-electron chi connectivity index (χ1n) is 13.2. The van der Waals surface area contributed by atoms with Crippen LogP contribution in [-0.4, -0.2) is 35.6 Å². The molecule has 0 N–H and O–H groups in total. The smallest absolute Gasteiger partial charge is 0.119 e. The maximum Gasteiger partial charge on any atom is 0.119 e. The Balaban J connectivity index is 1.67. The van der Waals surface area contributed by atoms with E-state index in [0.29, 0.717) is 19.8 Å². The highest BCUT2D eigenvalue weighted by Gasteiger charge is 2.10. The van der Waals surface area contributed by atoms with Crippen molar-refractivity contribution in [3.63, 3.8) is 0 Å². The molecule has 0 bridgehead atoms. The van der Waals surface area contributed by atoms with Gasteiger partial charge in [0.15, 0.2) is 0 Å². The minimum absolute atomic E-state index is 0.181. The Morgan fingerprint density at radius 2 is 0.641 bits per heavy atom. The molecule has 0 spiro atoms. The predicted octanol–water partition coefficient (Wildman–Crippen LogP) is 8.78. The van der Waals surface area contributed by atoms with E-state index in [0.717, 1.165) is 50.6 Å². The van der Waals surface area contributed by atoms with Gasteiger partial charge in [-0.15, -0.1) is 0 Å². The second-order valence-electron chi connectivity index (χ2n) is 9.85. The normalized spacial score (nSPS) is 13.4. The first-order valence-corrected chi connectivity index (χ1v) is 14.7. The summed E-state index contributed by atoms with van der Waals surface area (Å²) in [7, 11) is 0. The summed E-state index contributed by atoms with van der Waals surface area (Å²) in [5, 5.41) is 0.542. The molecule has 3 atom stereocenters. The fourth-order valence-electron chi connectivity index (χ4n) is 4.01. The van der Waals surface area contributed by atoms with Gasteiger partial charge in [-0.2, -0.15) is 37.9 Å².